The summed E-state index contributed by atoms with van der Waals surface area (Å²) in [5, 5.41) is 2.65. The van der Waals surface area contributed by atoms with E-state index in [1.807, 2.05) is 0 Å². The molecule has 0 spiro atoms. The second kappa shape index (κ2) is 6.96. The van der Waals surface area contributed by atoms with Crippen LogP contribution in [-0.4, -0.2) is 25.9 Å². The van der Waals surface area contributed by atoms with Crippen molar-refractivity contribution >= 4 is 21.6 Å². The van der Waals surface area contributed by atoms with Crippen LogP contribution in [0.3, 0.4) is 0 Å². The van der Waals surface area contributed by atoms with E-state index in [1.54, 1.807) is 42.7 Å². The van der Waals surface area contributed by atoms with Gasteiger partial charge in [-0.05, 0) is 24.3 Å². The van der Waals surface area contributed by atoms with Crippen LogP contribution < -0.4 is 10.0 Å². The molecule has 0 aliphatic heterocycles. The highest BCUT2D eigenvalue weighted by molar-refractivity contribution is 7.89. The second-order valence-corrected chi connectivity index (χ2v) is 6.01. The van der Waals surface area contributed by atoms with Crippen molar-refractivity contribution in [3.05, 3.63) is 54.9 Å². The van der Waals surface area contributed by atoms with Crippen LogP contribution in [0, 0.1) is 0 Å². The lowest BCUT2D eigenvalue weighted by Crippen LogP contribution is -2.27. The van der Waals surface area contributed by atoms with Crippen LogP contribution in [0.5, 0.6) is 0 Å². The SMILES string of the molecule is O=C(CCNS(=O)(=O)c1ccccc1)Nc1ccncc1. The van der Waals surface area contributed by atoms with Crippen molar-refractivity contribution in [2.75, 3.05) is 11.9 Å². The van der Waals surface area contributed by atoms with E-state index in [0.717, 1.165) is 0 Å². The molecule has 0 radical (unpaired) electrons. The van der Waals surface area contributed by atoms with Gasteiger partial charge in [0.25, 0.3) is 0 Å². The lowest BCUT2D eigenvalue weighted by molar-refractivity contribution is -0.116. The Morgan fingerprint density at radius 2 is 1.71 bits per heavy atom. The van der Waals surface area contributed by atoms with Gasteiger partial charge in [-0.3, -0.25) is 9.78 Å². The summed E-state index contributed by atoms with van der Waals surface area (Å²) in [6.45, 7) is 0.0359. The Kier molecular flexibility index (Phi) is 5.02. The zero-order valence-corrected chi connectivity index (χ0v) is 12.0. The van der Waals surface area contributed by atoms with E-state index in [2.05, 4.69) is 15.0 Å². The summed E-state index contributed by atoms with van der Waals surface area (Å²) in [4.78, 5) is 15.7. The Labute approximate surface area is 123 Å². The third kappa shape index (κ3) is 4.66. The summed E-state index contributed by atoms with van der Waals surface area (Å²) in [5.74, 6) is -0.267. The molecule has 1 aromatic heterocycles. The normalized spacial score (nSPS) is 11.0. The molecule has 0 unspecified atom stereocenters. The third-order valence-corrected chi connectivity index (χ3v) is 4.14. The molecule has 0 atom stereocenters. The van der Waals surface area contributed by atoms with Gasteiger partial charge in [-0.2, -0.15) is 0 Å². The van der Waals surface area contributed by atoms with E-state index in [-0.39, 0.29) is 23.8 Å². The number of nitrogens with one attached hydrogen (secondary N) is 2. The smallest absolute Gasteiger partial charge is 0.240 e. The molecule has 0 aliphatic carbocycles. The van der Waals surface area contributed by atoms with Crippen molar-refractivity contribution in [3.63, 3.8) is 0 Å². The molecule has 1 amide bonds. The number of sulfonamides is 1. The third-order valence-electron chi connectivity index (χ3n) is 2.66. The highest BCUT2D eigenvalue weighted by atomic mass is 32.2. The van der Waals surface area contributed by atoms with Gasteiger partial charge in [0.05, 0.1) is 4.90 Å². The van der Waals surface area contributed by atoms with Crippen LogP contribution in [0.25, 0.3) is 0 Å². The van der Waals surface area contributed by atoms with E-state index in [4.69, 9.17) is 0 Å². The van der Waals surface area contributed by atoms with Gasteiger partial charge in [-0.1, -0.05) is 18.2 Å². The Bertz CT molecular complexity index is 688. The summed E-state index contributed by atoms with van der Waals surface area (Å²) in [5.41, 5.74) is 0.626. The van der Waals surface area contributed by atoms with E-state index in [0.29, 0.717) is 5.69 Å². The summed E-state index contributed by atoms with van der Waals surface area (Å²) < 4.78 is 26.2. The molecular weight excluding hydrogens is 290 g/mol. The van der Waals surface area contributed by atoms with Gasteiger partial charge in [-0.25, -0.2) is 13.1 Å². The summed E-state index contributed by atoms with van der Waals surface area (Å²) in [6, 6.07) is 11.3. The van der Waals surface area contributed by atoms with Gasteiger partial charge in [0, 0.05) is 31.0 Å². The van der Waals surface area contributed by atoms with Crippen LogP contribution in [0.4, 0.5) is 5.69 Å². The molecule has 21 heavy (non-hydrogen) atoms. The zero-order valence-electron chi connectivity index (χ0n) is 11.2. The number of anilines is 1. The lowest BCUT2D eigenvalue weighted by Gasteiger charge is -2.07. The minimum atomic E-state index is -3.57. The van der Waals surface area contributed by atoms with Gasteiger partial charge in [0.15, 0.2) is 0 Å². The fraction of sp³-hybridized carbons (Fsp3) is 0.143. The highest BCUT2D eigenvalue weighted by Crippen LogP contribution is 2.07. The first-order valence-corrected chi connectivity index (χ1v) is 7.81. The minimum absolute atomic E-state index is 0.0359. The molecule has 6 nitrogen and oxygen atoms in total. The van der Waals surface area contributed by atoms with E-state index < -0.39 is 10.0 Å². The molecular formula is C14H15N3O3S. The Morgan fingerprint density at radius 1 is 1.05 bits per heavy atom. The summed E-state index contributed by atoms with van der Waals surface area (Å²) in [6.07, 6.45) is 3.18. The van der Waals surface area contributed by atoms with E-state index >= 15 is 0 Å². The monoisotopic (exact) mass is 305 g/mol. The molecule has 0 saturated carbocycles. The minimum Gasteiger partial charge on any atom is -0.326 e. The zero-order chi connectivity index (χ0) is 15.1. The van der Waals surface area contributed by atoms with Crippen LogP contribution in [0.15, 0.2) is 59.8 Å². The van der Waals surface area contributed by atoms with Crippen molar-refractivity contribution in [3.8, 4) is 0 Å². The van der Waals surface area contributed by atoms with Gasteiger partial charge >= 0.3 is 0 Å². The Morgan fingerprint density at radius 3 is 2.38 bits per heavy atom. The predicted octanol–water partition coefficient (Wildman–Crippen LogP) is 1.39. The van der Waals surface area contributed by atoms with Gasteiger partial charge < -0.3 is 5.32 Å². The average Bonchev–Trinajstić information content (AvgIpc) is 2.49. The van der Waals surface area contributed by atoms with Crippen molar-refractivity contribution < 1.29 is 13.2 Å². The number of benzene rings is 1. The largest absolute Gasteiger partial charge is 0.326 e. The van der Waals surface area contributed by atoms with Crippen molar-refractivity contribution in [1.82, 2.24) is 9.71 Å². The number of aromatic nitrogens is 1. The first-order chi connectivity index (χ1) is 10.1. The quantitative estimate of drug-likeness (QED) is 0.844. The lowest BCUT2D eigenvalue weighted by atomic mass is 10.3. The number of hydrogen-bond acceptors (Lipinski definition) is 4. The van der Waals surface area contributed by atoms with Crippen LogP contribution in [-0.2, 0) is 14.8 Å². The summed E-state index contributed by atoms with van der Waals surface area (Å²) >= 11 is 0. The highest BCUT2D eigenvalue weighted by Gasteiger charge is 2.13. The number of hydrogen-bond donors (Lipinski definition) is 2. The van der Waals surface area contributed by atoms with Crippen molar-refractivity contribution in [2.45, 2.75) is 11.3 Å². The van der Waals surface area contributed by atoms with E-state index in [9.17, 15) is 13.2 Å². The fourth-order valence-corrected chi connectivity index (χ4v) is 2.69. The van der Waals surface area contributed by atoms with E-state index in [1.165, 1.54) is 12.1 Å². The van der Waals surface area contributed by atoms with Crippen LogP contribution >= 0.6 is 0 Å². The van der Waals surface area contributed by atoms with Gasteiger partial charge in [-0.15, -0.1) is 0 Å². The molecule has 0 fully saturated rings. The predicted molar refractivity (Wildman–Crippen MR) is 79.1 cm³/mol. The first kappa shape index (κ1) is 15.1. The Hall–Kier alpha value is -2.25. The molecule has 0 saturated heterocycles. The first-order valence-electron chi connectivity index (χ1n) is 6.32. The van der Waals surface area contributed by atoms with Crippen LogP contribution in [0.2, 0.25) is 0 Å². The molecule has 1 heterocycles. The fourth-order valence-electron chi connectivity index (χ4n) is 1.64. The average molecular weight is 305 g/mol. The van der Waals surface area contributed by atoms with Gasteiger partial charge in [0.1, 0.15) is 0 Å². The molecule has 0 aliphatic rings. The number of pyridine rings is 1. The standard InChI is InChI=1S/C14H15N3O3S/c18-14(17-12-6-9-15-10-7-12)8-11-16-21(19,20)13-4-2-1-3-5-13/h1-7,9-10,16H,8,11H2,(H,15,17,18). The number of amides is 1. The molecule has 110 valence electrons. The summed E-state index contributed by atoms with van der Waals surface area (Å²) in [7, 11) is -3.57. The second-order valence-electron chi connectivity index (χ2n) is 4.24. The van der Waals surface area contributed by atoms with Crippen LogP contribution in [0.1, 0.15) is 6.42 Å². The number of carbonyl (C=O) groups excluding carboxylic acids is 1. The molecule has 0 bridgehead atoms. The molecule has 7 heteroatoms. The molecule has 1 aromatic carbocycles. The topological polar surface area (TPSA) is 88.2 Å². The number of carbonyl (C=O) groups is 1. The maximum Gasteiger partial charge on any atom is 0.240 e. The molecule has 2 rings (SSSR count). The Balaban J connectivity index is 1.83. The number of nitrogens with zero attached hydrogens (tertiary/aromatic N) is 1. The van der Waals surface area contributed by atoms with Crippen molar-refractivity contribution in [1.29, 1.82) is 0 Å². The van der Waals surface area contributed by atoms with Gasteiger partial charge in [0.2, 0.25) is 15.9 Å². The maximum absolute atomic E-state index is 11.9. The molecule has 2 N–H and O–H groups in total. The van der Waals surface area contributed by atoms with Crippen molar-refractivity contribution in [2.24, 2.45) is 0 Å². The molecule has 2 aromatic rings. The maximum atomic E-state index is 11.9. The number of rotatable bonds is 6.